The average Bonchev–Trinajstić information content (AvgIpc) is 3.40. The SMILES string of the molecule is CC(C)n1nc(Cl)c2cc(-c3nc(-c4cccc5c4CCNC5)no3)ccc21.NS. The number of benzene rings is 2. The minimum atomic E-state index is 0.231. The molecule has 30 heavy (non-hydrogen) atoms. The molecule has 0 atom stereocenters. The maximum absolute atomic E-state index is 6.36. The van der Waals surface area contributed by atoms with Crippen LogP contribution in [0.3, 0.4) is 0 Å². The van der Waals surface area contributed by atoms with Crippen molar-refractivity contribution in [3.8, 4) is 22.8 Å². The lowest BCUT2D eigenvalue weighted by atomic mass is 9.95. The van der Waals surface area contributed by atoms with Gasteiger partial charge in [0.05, 0.1) is 5.52 Å². The third-order valence-corrected chi connectivity index (χ3v) is 5.48. The molecule has 1 aliphatic heterocycles. The summed E-state index contributed by atoms with van der Waals surface area (Å²) >= 11 is 9.39. The topological polar surface area (TPSA) is 94.8 Å². The van der Waals surface area contributed by atoms with E-state index in [0.29, 0.717) is 16.9 Å². The number of rotatable bonds is 3. The van der Waals surface area contributed by atoms with Gasteiger partial charge in [-0.2, -0.15) is 10.1 Å². The first-order valence-electron chi connectivity index (χ1n) is 9.71. The van der Waals surface area contributed by atoms with Gasteiger partial charge in [0.15, 0.2) is 5.15 Å². The average molecular weight is 443 g/mol. The van der Waals surface area contributed by atoms with Gasteiger partial charge in [-0.05, 0) is 56.1 Å². The summed E-state index contributed by atoms with van der Waals surface area (Å²) in [5.74, 6) is 1.11. The van der Waals surface area contributed by atoms with E-state index in [1.165, 1.54) is 11.1 Å². The summed E-state index contributed by atoms with van der Waals surface area (Å²) in [5.41, 5.74) is 5.46. The van der Waals surface area contributed by atoms with Crippen molar-refractivity contribution in [3.63, 3.8) is 0 Å². The number of nitrogens with one attached hydrogen (secondary N) is 1. The number of hydrogen-bond donors (Lipinski definition) is 3. The van der Waals surface area contributed by atoms with Crippen molar-refractivity contribution in [1.82, 2.24) is 25.2 Å². The van der Waals surface area contributed by atoms with Crippen molar-refractivity contribution < 1.29 is 4.52 Å². The molecule has 5 rings (SSSR count). The Labute approximate surface area is 185 Å². The summed E-state index contributed by atoms with van der Waals surface area (Å²) < 4.78 is 7.51. The van der Waals surface area contributed by atoms with E-state index >= 15 is 0 Å². The zero-order valence-corrected chi connectivity index (χ0v) is 18.4. The maximum atomic E-state index is 6.36. The van der Waals surface area contributed by atoms with Crippen molar-refractivity contribution in [3.05, 3.63) is 52.7 Å². The van der Waals surface area contributed by atoms with Gasteiger partial charge in [-0.15, -0.1) is 12.8 Å². The fourth-order valence-electron chi connectivity index (χ4n) is 3.82. The molecule has 3 N–H and O–H groups in total. The maximum Gasteiger partial charge on any atom is 0.258 e. The molecule has 0 radical (unpaired) electrons. The Morgan fingerprint density at radius 3 is 2.87 bits per heavy atom. The molecule has 2 aromatic heterocycles. The standard InChI is InChI=1S/C21H20ClN5O.H3NS/c1-12(2)27-18-7-6-13(10-17(18)19(22)25-27)21-24-20(26-28-21)16-5-3-4-14-11-23-9-8-15(14)16;1-2/h3-7,10,12,23H,8-9,11H2,1-2H3;2H,1H2. The van der Waals surface area contributed by atoms with Crippen LogP contribution < -0.4 is 10.5 Å². The number of hydrogen-bond acceptors (Lipinski definition) is 7. The fourth-order valence-corrected chi connectivity index (χ4v) is 4.05. The number of nitrogens with two attached hydrogens (primary N) is 1. The molecular weight excluding hydrogens is 420 g/mol. The smallest absolute Gasteiger partial charge is 0.258 e. The Morgan fingerprint density at radius 2 is 2.07 bits per heavy atom. The van der Waals surface area contributed by atoms with E-state index in [0.717, 1.165) is 41.5 Å². The molecule has 9 heteroatoms. The third-order valence-electron chi connectivity index (χ3n) is 5.20. The van der Waals surface area contributed by atoms with Crippen LogP contribution >= 0.6 is 24.4 Å². The van der Waals surface area contributed by atoms with Crippen LogP contribution in [0.1, 0.15) is 31.0 Å². The molecule has 0 amide bonds. The van der Waals surface area contributed by atoms with E-state index in [9.17, 15) is 0 Å². The van der Waals surface area contributed by atoms with Crippen LogP contribution in [0, 0.1) is 0 Å². The van der Waals surface area contributed by atoms with Gasteiger partial charge in [0.2, 0.25) is 5.82 Å². The molecule has 0 aliphatic carbocycles. The molecule has 0 saturated heterocycles. The van der Waals surface area contributed by atoms with E-state index in [1.807, 2.05) is 28.9 Å². The summed E-state index contributed by atoms with van der Waals surface area (Å²) in [6.07, 6.45) is 0.964. The van der Waals surface area contributed by atoms with Crippen molar-refractivity contribution in [2.45, 2.75) is 32.9 Å². The largest absolute Gasteiger partial charge is 0.334 e. The fraction of sp³-hybridized carbons (Fsp3) is 0.286. The summed E-state index contributed by atoms with van der Waals surface area (Å²) in [6, 6.07) is 12.4. The lowest BCUT2D eigenvalue weighted by Crippen LogP contribution is -2.24. The number of fused-ring (bicyclic) bond motifs is 2. The Kier molecular flexibility index (Phi) is 6.10. The van der Waals surface area contributed by atoms with E-state index in [4.69, 9.17) is 16.1 Å². The van der Waals surface area contributed by atoms with Gasteiger partial charge in [-0.3, -0.25) is 9.82 Å². The highest BCUT2D eigenvalue weighted by atomic mass is 35.5. The van der Waals surface area contributed by atoms with E-state index < -0.39 is 0 Å². The molecule has 0 saturated carbocycles. The van der Waals surface area contributed by atoms with Crippen LogP contribution in [0.4, 0.5) is 0 Å². The van der Waals surface area contributed by atoms with Gasteiger partial charge < -0.3 is 9.84 Å². The van der Waals surface area contributed by atoms with Crippen molar-refractivity contribution in [2.75, 3.05) is 6.54 Å². The third kappa shape index (κ3) is 3.72. The highest BCUT2D eigenvalue weighted by molar-refractivity contribution is 7.77. The van der Waals surface area contributed by atoms with Crippen LogP contribution in [-0.2, 0) is 13.0 Å². The molecule has 156 valence electrons. The van der Waals surface area contributed by atoms with Gasteiger partial charge in [0, 0.05) is 29.1 Å². The molecule has 0 fully saturated rings. The van der Waals surface area contributed by atoms with E-state index in [-0.39, 0.29) is 6.04 Å². The second kappa shape index (κ2) is 8.77. The predicted octanol–water partition coefficient (Wildman–Crippen LogP) is 4.42. The van der Waals surface area contributed by atoms with Crippen LogP contribution in [0.25, 0.3) is 33.7 Å². The van der Waals surface area contributed by atoms with Gasteiger partial charge in [-0.1, -0.05) is 35.0 Å². The van der Waals surface area contributed by atoms with Crippen molar-refractivity contribution >= 4 is 35.3 Å². The normalized spacial score (nSPS) is 13.3. The highest BCUT2D eigenvalue weighted by Gasteiger charge is 2.19. The summed E-state index contributed by atoms with van der Waals surface area (Å²) in [7, 11) is 0. The van der Waals surface area contributed by atoms with Crippen LogP contribution in [0.5, 0.6) is 0 Å². The number of halogens is 1. The molecule has 7 nitrogen and oxygen atoms in total. The molecule has 4 aromatic rings. The zero-order chi connectivity index (χ0) is 21.3. The first-order valence-corrected chi connectivity index (χ1v) is 10.6. The van der Waals surface area contributed by atoms with E-state index in [1.54, 1.807) is 0 Å². The van der Waals surface area contributed by atoms with Gasteiger partial charge in [0.1, 0.15) is 0 Å². The second-order valence-corrected chi connectivity index (χ2v) is 7.71. The lowest BCUT2D eigenvalue weighted by Gasteiger charge is -2.18. The van der Waals surface area contributed by atoms with Crippen LogP contribution in [0.2, 0.25) is 5.15 Å². The Hall–Kier alpha value is -2.39. The van der Waals surface area contributed by atoms with Gasteiger partial charge in [-0.25, -0.2) is 0 Å². The number of thiol groups is 1. The number of nitrogens with zero attached hydrogens (tertiary/aromatic N) is 4. The summed E-state index contributed by atoms with van der Waals surface area (Å²) in [4.78, 5) is 4.67. The molecule has 0 spiro atoms. The van der Waals surface area contributed by atoms with Crippen molar-refractivity contribution in [2.24, 2.45) is 5.14 Å². The molecular formula is C21H23ClN6OS. The first-order chi connectivity index (χ1) is 14.6. The van der Waals surface area contributed by atoms with Gasteiger partial charge in [0.25, 0.3) is 5.89 Å². The molecule has 1 aliphatic rings. The molecule has 0 bridgehead atoms. The zero-order valence-electron chi connectivity index (χ0n) is 16.8. The Balaban J connectivity index is 0.00000106. The summed E-state index contributed by atoms with van der Waals surface area (Å²) in [6.45, 7) is 6.00. The second-order valence-electron chi connectivity index (χ2n) is 7.35. The molecule has 2 aromatic carbocycles. The quantitative estimate of drug-likeness (QED) is 0.406. The highest BCUT2D eigenvalue weighted by Crippen LogP contribution is 2.32. The molecule has 0 unspecified atom stereocenters. The monoisotopic (exact) mass is 442 g/mol. The minimum absolute atomic E-state index is 0.231. The number of aromatic nitrogens is 4. The Morgan fingerprint density at radius 1 is 1.23 bits per heavy atom. The summed E-state index contributed by atoms with van der Waals surface area (Å²) in [5, 5.41) is 17.6. The van der Waals surface area contributed by atoms with Gasteiger partial charge >= 0.3 is 0 Å². The molecule has 3 heterocycles. The predicted molar refractivity (Wildman–Crippen MR) is 122 cm³/mol. The lowest BCUT2D eigenvalue weighted by molar-refractivity contribution is 0.432. The van der Waals surface area contributed by atoms with Crippen LogP contribution in [0.15, 0.2) is 40.9 Å². The Bertz CT molecular complexity index is 1190. The van der Waals surface area contributed by atoms with Crippen molar-refractivity contribution in [1.29, 1.82) is 0 Å². The van der Waals surface area contributed by atoms with Crippen LogP contribution in [-0.4, -0.2) is 26.5 Å². The minimum Gasteiger partial charge on any atom is -0.334 e. The van der Waals surface area contributed by atoms with E-state index in [2.05, 4.69) is 64.5 Å². The first kappa shape index (κ1) is 20.9.